The molecule has 0 rings (SSSR count). The summed E-state index contributed by atoms with van der Waals surface area (Å²) in [5.41, 5.74) is 0. The van der Waals surface area contributed by atoms with Gasteiger partial charge < -0.3 is 9.84 Å². The minimum atomic E-state index is -4.48. The molecule has 0 aromatic rings. The van der Waals surface area contributed by atoms with Crippen molar-refractivity contribution in [3.05, 3.63) is 0 Å². The number of hydrogen-bond acceptors (Lipinski definition) is 2. The first-order valence-corrected chi connectivity index (χ1v) is 3.72. The van der Waals surface area contributed by atoms with Crippen molar-refractivity contribution in [2.24, 2.45) is 0 Å². The second-order valence-corrected chi connectivity index (χ2v) is 2.55. The summed E-state index contributed by atoms with van der Waals surface area (Å²) in [7, 11) is 1.49. The number of alkyl halides is 3. The van der Waals surface area contributed by atoms with E-state index in [1.54, 1.807) is 0 Å². The number of aliphatic hydroxyl groups excluding tert-OH is 1. The van der Waals surface area contributed by atoms with Gasteiger partial charge in [-0.05, 0) is 19.3 Å². The minimum absolute atomic E-state index is 0.243. The smallest absolute Gasteiger partial charge is 0.385 e. The third kappa shape index (κ3) is 5.37. The number of hydrogen-bond donors (Lipinski definition) is 1. The molecule has 74 valence electrons. The fourth-order valence-corrected chi connectivity index (χ4v) is 0.748. The van der Waals surface area contributed by atoms with Crippen molar-refractivity contribution in [1.82, 2.24) is 0 Å². The quantitative estimate of drug-likeness (QED) is 0.662. The van der Waals surface area contributed by atoms with E-state index in [2.05, 4.69) is 4.74 Å². The number of aliphatic hydroxyl groups is 1. The molecule has 1 atom stereocenters. The van der Waals surface area contributed by atoms with Gasteiger partial charge in [0.25, 0.3) is 0 Å². The number of ether oxygens (including phenoxy) is 1. The van der Waals surface area contributed by atoms with Crippen molar-refractivity contribution in [2.45, 2.75) is 31.5 Å². The fourth-order valence-electron chi connectivity index (χ4n) is 0.748. The molecule has 0 bridgehead atoms. The second-order valence-electron chi connectivity index (χ2n) is 2.55. The average molecular weight is 186 g/mol. The van der Waals surface area contributed by atoms with Crippen LogP contribution in [0.1, 0.15) is 19.3 Å². The van der Waals surface area contributed by atoms with Crippen LogP contribution < -0.4 is 0 Å². The minimum Gasteiger partial charge on any atom is -0.385 e. The van der Waals surface area contributed by atoms with E-state index in [1.165, 1.54) is 7.11 Å². The first kappa shape index (κ1) is 11.7. The van der Waals surface area contributed by atoms with Gasteiger partial charge >= 0.3 is 6.18 Å². The number of unbranched alkanes of at least 4 members (excludes halogenated alkanes) is 1. The molecule has 0 aliphatic carbocycles. The maximum Gasteiger partial charge on any atom is 0.414 e. The molecule has 0 unspecified atom stereocenters. The highest BCUT2D eigenvalue weighted by atomic mass is 19.4. The van der Waals surface area contributed by atoms with E-state index >= 15 is 0 Å². The van der Waals surface area contributed by atoms with E-state index in [4.69, 9.17) is 5.11 Å². The van der Waals surface area contributed by atoms with Crippen molar-refractivity contribution in [2.75, 3.05) is 13.7 Å². The lowest BCUT2D eigenvalue weighted by Crippen LogP contribution is -2.28. The van der Waals surface area contributed by atoms with Crippen molar-refractivity contribution in [3.8, 4) is 0 Å². The fraction of sp³-hybridized carbons (Fsp3) is 1.00. The Bertz CT molecular complexity index is 114. The maximum atomic E-state index is 11.7. The molecule has 12 heavy (non-hydrogen) atoms. The summed E-state index contributed by atoms with van der Waals surface area (Å²) < 4.78 is 39.7. The van der Waals surface area contributed by atoms with Gasteiger partial charge in [-0.25, -0.2) is 0 Å². The molecule has 5 heteroatoms. The molecule has 0 aromatic carbocycles. The van der Waals surface area contributed by atoms with E-state index in [1.807, 2.05) is 0 Å². The lowest BCUT2D eigenvalue weighted by molar-refractivity contribution is -0.205. The van der Waals surface area contributed by atoms with Crippen LogP contribution in [0, 0.1) is 0 Å². The van der Waals surface area contributed by atoms with Crippen molar-refractivity contribution in [1.29, 1.82) is 0 Å². The molecular formula is C7H13F3O2. The van der Waals surface area contributed by atoms with Crippen LogP contribution in [-0.4, -0.2) is 31.1 Å². The summed E-state index contributed by atoms with van der Waals surface area (Å²) in [6.45, 7) is 0.435. The van der Waals surface area contributed by atoms with Crippen LogP contribution in [0.3, 0.4) is 0 Å². The highest BCUT2D eigenvalue weighted by molar-refractivity contribution is 4.64. The Balaban J connectivity index is 3.38. The van der Waals surface area contributed by atoms with Gasteiger partial charge in [-0.3, -0.25) is 0 Å². The van der Waals surface area contributed by atoms with E-state index in [-0.39, 0.29) is 6.42 Å². The Hall–Kier alpha value is -0.290. The Morgan fingerprint density at radius 2 is 1.92 bits per heavy atom. The normalized spacial score (nSPS) is 14.8. The SMILES string of the molecule is COCCCC[C@@H](O)C(F)(F)F. The Morgan fingerprint density at radius 3 is 2.33 bits per heavy atom. The molecule has 2 nitrogen and oxygen atoms in total. The van der Waals surface area contributed by atoms with E-state index in [0.717, 1.165) is 0 Å². The molecule has 0 aromatic heterocycles. The summed E-state index contributed by atoms with van der Waals surface area (Å²) in [5.74, 6) is 0. The van der Waals surface area contributed by atoms with Crippen LogP contribution in [0.15, 0.2) is 0 Å². The zero-order valence-electron chi connectivity index (χ0n) is 6.90. The van der Waals surface area contributed by atoms with Gasteiger partial charge in [0.15, 0.2) is 0 Å². The highest BCUT2D eigenvalue weighted by Crippen LogP contribution is 2.23. The van der Waals surface area contributed by atoms with Gasteiger partial charge in [-0.2, -0.15) is 13.2 Å². The zero-order valence-corrected chi connectivity index (χ0v) is 6.90. The lowest BCUT2D eigenvalue weighted by Gasteiger charge is -2.13. The van der Waals surface area contributed by atoms with Crippen LogP contribution in [0.5, 0.6) is 0 Å². The second kappa shape index (κ2) is 5.37. The Kier molecular flexibility index (Phi) is 5.24. The molecule has 0 heterocycles. The molecule has 0 aliphatic heterocycles. The Labute approximate surface area is 69.3 Å². The molecule has 0 aliphatic rings. The van der Waals surface area contributed by atoms with E-state index < -0.39 is 12.3 Å². The first-order valence-electron chi connectivity index (χ1n) is 3.72. The van der Waals surface area contributed by atoms with Crippen molar-refractivity contribution in [3.63, 3.8) is 0 Å². The summed E-state index contributed by atoms with van der Waals surface area (Å²) in [6, 6.07) is 0. The number of halogens is 3. The largest absolute Gasteiger partial charge is 0.414 e. The summed E-state index contributed by atoms with van der Waals surface area (Å²) in [5, 5.41) is 8.52. The monoisotopic (exact) mass is 186 g/mol. The standard InChI is InChI=1S/C7H13F3O2/c1-12-5-3-2-4-6(11)7(8,9)10/h6,11H,2-5H2,1H3/t6-/m1/s1. The van der Waals surface area contributed by atoms with Gasteiger partial charge in [-0.1, -0.05) is 0 Å². The predicted molar refractivity (Wildman–Crippen MR) is 37.8 cm³/mol. The van der Waals surface area contributed by atoms with Gasteiger partial charge in [0, 0.05) is 13.7 Å². The third-order valence-electron chi connectivity index (χ3n) is 1.45. The highest BCUT2D eigenvalue weighted by Gasteiger charge is 2.37. The van der Waals surface area contributed by atoms with Gasteiger partial charge in [0.05, 0.1) is 0 Å². The molecule has 0 fully saturated rings. The van der Waals surface area contributed by atoms with Crippen molar-refractivity contribution >= 4 is 0 Å². The summed E-state index contributed by atoms with van der Waals surface area (Å²) in [6.07, 6.45) is -6.03. The van der Waals surface area contributed by atoms with Crippen LogP contribution in [0.4, 0.5) is 13.2 Å². The van der Waals surface area contributed by atoms with Gasteiger partial charge in [0.2, 0.25) is 0 Å². The van der Waals surface area contributed by atoms with Gasteiger partial charge in [0.1, 0.15) is 6.10 Å². The molecule has 0 amide bonds. The topological polar surface area (TPSA) is 29.5 Å². The zero-order chi connectivity index (χ0) is 9.61. The summed E-state index contributed by atoms with van der Waals surface area (Å²) in [4.78, 5) is 0. The lowest BCUT2D eigenvalue weighted by atomic mass is 10.1. The predicted octanol–water partition coefficient (Wildman–Crippen LogP) is 1.73. The first-order chi connectivity index (χ1) is 5.48. The van der Waals surface area contributed by atoms with Crippen LogP contribution in [0.2, 0.25) is 0 Å². The summed E-state index contributed by atoms with van der Waals surface area (Å²) >= 11 is 0. The molecule has 0 saturated heterocycles. The Morgan fingerprint density at radius 1 is 1.33 bits per heavy atom. The molecule has 1 N–H and O–H groups in total. The van der Waals surface area contributed by atoms with Crippen LogP contribution in [-0.2, 0) is 4.74 Å². The van der Waals surface area contributed by atoms with Crippen molar-refractivity contribution < 1.29 is 23.0 Å². The maximum absolute atomic E-state index is 11.7. The third-order valence-corrected chi connectivity index (χ3v) is 1.45. The van der Waals surface area contributed by atoms with Gasteiger partial charge in [-0.15, -0.1) is 0 Å². The van der Waals surface area contributed by atoms with E-state index in [0.29, 0.717) is 19.4 Å². The molecule has 0 saturated carbocycles. The van der Waals surface area contributed by atoms with E-state index in [9.17, 15) is 13.2 Å². The van der Waals surface area contributed by atoms with Crippen LogP contribution >= 0.6 is 0 Å². The molecular weight excluding hydrogens is 173 g/mol. The average Bonchev–Trinajstić information content (AvgIpc) is 1.96. The molecule has 0 spiro atoms. The van der Waals surface area contributed by atoms with Crippen LogP contribution in [0.25, 0.3) is 0 Å². The number of methoxy groups -OCH3 is 1. The molecule has 0 radical (unpaired) electrons. The number of rotatable bonds is 5.